The van der Waals surface area contributed by atoms with E-state index in [0.717, 1.165) is 0 Å². The van der Waals surface area contributed by atoms with Gasteiger partial charge in [0.15, 0.2) is 0 Å². The molecule has 1 aromatic rings. The molecule has 0 unspecified atom stereocenters. The van der Waals surface area contributed by atoms with Gasteiger partial charge in [0.25, 0.3) is 11.6 Å². The average Bonchev–Trinajstić information content (AvgIpc) is 2.44. The second-order valence-electron chi connectivity index (χ2n) is 5.10. The van der Waals surface area contributed by atoms with Crippen molar-refractivity contribution < 1.29 is 14.5 Å². The number of carbonyl (C=O) groups is 1. The molecule has 0 bridgehead atoms. The van der Waals surface area contributed by atoms with Crippen LogP contribution in [0.2, 0.25) is 0 Å². The van der Waals surface area contributed by atoms with Crippen molar-refractivity contribution in [3.8, 4) is 0 Å². The van der Waals surface area contributed by atoms with Gasteiger partial charge < -0.3 is 15.1 Å². The van der Waals surface area contributed by atoms with Crippen LogP contribution >= 0.6 is 0 Å². The van der Waals surface area contributed by atoms with E-state index in [1.54, 1.807) is 4.90 Å². The number of nitrogens with one attached hydrogen (secondary N) is 1. The number of hydrazine groups is 1. The van der Waals surface area contributed by atoms with Crippen LogP contribution in [0.5, 0.6) is 0 Å². The van der Waals surface area contributed by atoms with Gasteiger partial charge in [-0.1, -0.05) is 0 Å². The van der Waals surface area contributed by atoms with Gasteiger partial charge in [0.1, 0.15) is 0 Å². The Bertz CT molecular complexity index is 553. The zero-order valence-corrected chi connectivity index (χ0v) is 11.9. The standard InChI is InChI=1S/C13H18N4O4/c1-8-6-16(7-9(2)21-8)13(18)11-5-10(17(19)20)3-4-12(11)15-14/h3-5,8-9,15H,6-7,14H2,1-2H3/t8-,9+. The van der Waals surface area contributed by atoms with Gasteiger partial charge >= 0.3 is 0 Å². The van der Waals surface area contributed by atoms with Crippen molar-refractivity contribution in [3.63, 3.8) is 0 Å². The normalized spacial score (nSPS) is 22.0. The molecule has 1 saturated heterocycles. The molecule has 21 heavy (non-hydrogen) atoms. The summed E-state index contributed by atoms with van der Waals surface area (Å²) in [7, 11) is 0. The van der Waals surface area contributed by atoms with E-state index in [1.807, 2.05) is 13.8 Å². The molecule has 1 aliphatic rings. The largest absolute Gasteiger partial charge is 0.372 e. The Labute approximate surface area is 122 Å². The van der Waals surface area contributed by atoms with Gasteiger partial charge in [-0.25, -0.2) is 0 Å². The van der Waals surface area contributed by atoms with Crippen LogP contribution in [-0.4, -0.2) is 41.0 Å². The lowest BCUT2D eigenvalue weighted by molar-refractivity contribution is -0.384. The Balaban J connectivity index is 2.32. The van der Waals surface area contributed by atoms with E-state index in [4.69, 9.17) is 10.6 Å². The summed E-state index contributed by atoms with van der Waals surface area (Å²) in [4.78, 5) is 24.5. The molecular formula is C13H18N4O4. The first-order valence-electron chi connectivity index (χ1n) is 6.62. The number of nitrogens with zero attached hydrogens (tertiary/aromatic N) is 2. The maximum atomic E-state index is 12.6. The van der Waals surface area contributed by atoms with Crippen molar-refractivity contribution in [2.75, 3.05) is 18.5 Å². The third-order valence-electron chi connectivity index (χ3n) is 3.31. The van der Waals surface area contributed by atoms with E-state index < -0.39 is 4.92 Å². The van der Waals surface area contributed by atoms with E-state index in [9.17, 15) is 14.9 Å². The van der Waals surface area contributed by atoms with Gasteiger partial charge in [-0.3, -0.25) is 20.8 Å². The summed E-state index contributed by atoms with van der Waals surface area (Å²) in [6, 6.07) is 3.97. The summed E-state index contributed by atoms with van der Waals surface area (Å²) in [6.07, 6.45) is -0.156. The molecular weight excluding hydrogens is 276 g/mol. The predicted octanol–water partition coefficient (Wildman–Crippen LogP) is 1.13. The first kappa shape index (κ1) is 15.2. The van der Waals surface area contributed by atoms with Gasteiger partial charge in [0.05, 0.1) is 28.4 Å². The van der Waals surface area contributed by atoms with Crippen LogP contribution in [0, 0.1) is 10.1 Å². The Hall–Kier alpha value is -2.19. The van der Waals surface area contributed by atoms with Gasteiger partial charge in [-0.15, -0.1) is 0 Å². The summed E-state index contributed by atoms with van der Waals surface area (Å²) < 4.78 is 5.58. The number of hydrogen-bond acceptors (Lipinski definition) is 6. The highest BCUT2D eigenvalue weighted by Gasteiger charge is 2.28. The minimum atomic E-state index is -0.540. The van der Waals surface area contributed by atoms with Gasteiger partial charge in [-0.05, 0) is 19.9 Å². The second-order valence-corrected chi connectivity index (χ2v) is 5.10. The van der Waals surface area contributed by atoms with Crippen molar-refractivity contribution in [3.05, 3.63) is 33.9 Å². The first-order valence-corrected chi connectivity index (χ1v) is 6.62. The van der Waals surface area contributed by atoms with Crippen molar-refractivity contribution >= 4 is 17.3 Å². The van der Waals surface area contributed by atoms with Crippen LogP contribution in [0.15, 0.2) is 18.2 Å². The molecule has 0 aliphatic carbocycles. The molecule has 2 rings (SSSR count). The van der Waals surface area contributed by atoms with Gasteiger partial charge in [0.2, 0.25) is 0 Å². The maximum absolute atomic E-state index is 12.6. The van der Waals surface area contributed by atoms with Crippen LogP contribution in [-0.2, 0) is 4.74 Å². The van der Waals surface area contributed by atoms with Crippen LogP contribution in [0.4, 0.5) is 11.4 Å². The fourth-order valence-corrected chi connectivity index (χ4v) is 2.46. The Kier molecular flexibility index (Phi) is 4.39. The highest BCUT2D eigenvalue weighted by Crippen LogP contribution is 2.24. The van der Waals surface area contributed by atoms with E-state index in [0.29, 0.717) is 18.8 Å². The highest BCUT2D eigenvalue weighted by molar-refractivity contribution is 6.00. The second kappa shape index (κ2) is 6.06. The van der Waals surface area contributed by atoms with Gasteiger partial charge in [-0.2, -0.15) is 0 Å². The van der Waals surface area contributed by atoms with Gasteiger partial charge in [0, 0.05) is 25.2 Å². The summed E-state index contributed by atoms with van der Waals surface area (Å²) in [6.45, 7) is 4.64. The molecule has 0 aromatic heterocycles. The number of benzene rings is 1. The van der Waals surface area contributed by atoms with Crippen molar-refractivity contribution in [1.82, 2.24) is 4.90 Å². The minimum Gasteiger partial charge on any atom is -0.372 e. The molecule has 0 spiro atoms. The van der Waals surface area contributed by atoms with E-state index in [-0.39, 0.29) is 29.4 Å². The molecule has 3 N–H and O–H groups in total. The van der Waals surface area contributed by atoms with Crippen molar-refractivity contribution in [2.24, 2.45) is 5.84 Å². The fraction of sp³-hybridized carbons (Fsp3) is 0.462. The quantitative estimate of drug-likeness (QED) is 0.491. The highest BCUT2D eigenvalue weighted by atomic mass is 16.6. The molecule has 8 heteroatoms. The topological polar surface area (TPSA) is 111 Å². The monoisotopic (exact) mass is 294 g/mol. The molecule has 8 nitrogen and oxygen atoms in total. The predicted molar refractivity (Wildman–Crippen MR) is 76.8 cm³/mol. The lowest BCUT2D eigenvalue weighted by Crippen LogP contribution is -2.48. The molecule has 2 atom stereocenters. The number of nitrogens with two attached hydrogens (primary N) is 1. The third kappa shape index (κ3) is 3.29. The smallest absolute Gasteiger partial charge is 0.270 e. The lowest BCUT2D eigenvalue weighted by atomic mass is 10.1. The summed E-state index contributed by atoms with van der Waals surface area (Å²) in [5.41, 5.74) is 2.80. The number of carbonyl (C=O) groups excluding carboxylic acids is 1. The third-order valence-corrected chi connectivity index (χ3v) is 3.31. The van der Waals surface area contributed by atoms with E-state index in [1.165, 1.54) is 18.2 Å². The molecule has 0 radical (unpaired) electrons. The molecule has 1 fully saturated rings. The zero-order chi connectivity index (χ0) is 15.6. The number of amides is 1. The van der Waals surface area contributed by atoms with E-state index >= 15 is 0 Å². The number of nitrogen functional groups attached to an aromatic ring is 1. The SMILES string of the molecule is C[C@@H]1CN(C(=O)c2cc([N+](=O)[O-])ccc2NN)C[C@H](C)O1. The van der Waals surface area contributed by atoms with Crippen molar-refractivity contribution in [2.45, 2.75) is 26.1 Å². The Morgan fingerprint density at radius 3 is 2.57 bits per heavy atom. The number of nitro benzene ring substituents is 1. The maximum Gasteiger partial charge on any atom is 0.270 e. The number of morpholine rings is 1. The molecule has 0 saturated carbocycles. The zero-order valence-electron chi connectivity index (χ0n) is 11.9. The van der Waals surface area contributed by atoms with Crippen LogP contribution < -0.4 is 11.3 Å². The molecule has 114 valence electrons. The van der Waals surface area contributed by atoms with E-state index in [2.05, 4.69) is 5.43 Å². The summed E-state index contributed by atoms with van der Waals surface area (Å²) in [5, 5.41) is 10.9. The molecule has 1 aliphatic heterocycles. The van der Waals surface area contributed by atoms with Crippen LogP contribution in [0.3, 0.4) is 0 Å². The number of rotatable bonds is 3. The summed E-state index contributed by atoms with van der Waals surface area (Å²) >= 11 is 0. The van der Waals surface area contributed by atoms with Crippen LogP contribution in [0.25, 0.3) is 0 Å². The fourth-order valence-electron chi connectivity index (χ4n) is 2.46. The number of anilines is 1. The molecule has 1 aromatic carbocycles. The molecule has 1 amide bonds. The number of hydrogen-bond donors (Lipinski definition) is 2. The molecule has 1 heterocycles. The summed E-state index contributed by atoms with van der Waals surface area (Å²) in [5.74, 6) is 5.09. The Morgan fingerprint density at radius 2 is 2.05 bits per heavy atom. The Morgan fingerprint density at radius 1 is 1.43 bits per heavy atom. The average molecular weight is 294 g/mol. The number of ether oxygens (including phenoxy) is 1. The lowest BCUT2D eigenvalue weighted by Gasteiger charge is -2.35. The number of nitro groups is 1. The minimum absolute atomic E-state index is 0.0781. The first-order chi connectivity index (χ1) is 9.92. The van der Waals surface area contributed by atoms with Crippen molar-refractivity contribution in [1.29, 1.82) is 0 Å². The van der Waals surface area contributed by atoms with Crippen LogP contribution in [0.1, 0.15) is 24.2 Å². The number of non-ortho nitro benzene ring substituents is 1.